The van der Waals surface area contributed by atoms with Crippen molar-refractivity contribution in [3.05, 3.63) is 59.7 Å². The average molecular weight is 402 g/mol. The quantitative estimate of drug-likeness (QED) is 0.529. The molecule has 154 valence electrons. The minimum Gasteiger partial charge on any atom is -0.358 e. The second kappa shape index (κ2) is 8.40. The summed E-state index contributed by atoms with van der Waals surface area (Å²) >= 11 is 0. The molecule has 1 saturated carbocycles. The maximum atomic E-state index is 12.0. The van der Waals surface area contributed by atoms with Gasteiger partial charge in [0.05, 0.1) is 11.3 Å². The minimum atomic E-state index is -0.00398. The van der Waals surface area contributed by atoms with Crippen LogP contribution in [0.1, 0.15) is 47.4 Å². The first kappa shape index (κ1) is 19.0. The van der Waals surface area contributed by atoms with Gasteiger partial charge in [-0.1, -0.05) is 6.42 Å². The fourth-order valence-electron chi connectivity index (χ4n) is 4.12. The summed E-state index contributed by atoms with van der Waals surface area (Å²) in [6, 6.07) is 10.9. The number of nitrogens with one attached hydrogen (secondary N) is 3. The molecule has 3 aromatic heterocycles. The lowest BCUT2D eigenvalue weighted by molar-refractivity contribution is 0.0946. The number of carbonyl (C=O) groups is 1. The highest BCUT2D eigenvalue weighted by molar-refractivity contribution is 5.97. The van der Waals surface area contributed by atoms with Crippen LogP contribution in [0.2, 0.25) is 0 Å². The smallest absolute Gasteiger partial charge is 0.253 e. The van der Waals surface area contributed by atoms with Gasteiger partial charge in [-0.05, 0) is 62.6 Å². The Labute approximate surface area is 176 Å². The van der Waals surface area contributed by atoms with Crippen molar-refractivity contribution < 1.29 is 4.79 Å². The van der Waals surface area contributed by atoms with Gasteiger partial charge < -0.3 is 15.6 Å². The van der Waals surface area contributed by atoms with Gasteiger partial charge in [0, 0.05) is 59.6 Å². The molecule has 1 fully saturated rings. The van der Waals surface area contributed by atoms with E-state index in [1.807, 2.05) is 24.5 Å². The summed E-state index contributed by atoms with van der Waals surface area (Å²) in [4.78, 5) is 24.6. The van der Waals surface area contributed by atoms with Gasteiger partial charge in [-0.3, -0.25) is 14.8 Å². The number of aromatic amines is 1. The van der Waals surface area contributed by atoms with Crippen LogP contribution in [-0.4, -0.2) is 40.0 Å². The normalized spacial score (nSPS) is 16.1. The first-order valence-corrected chi connectivity index (χ1v) is 10.9. The van der Waals surface area contributed by atoms with Crippen molar-refractivity contribution in [3.63, 3.8) is 0 Å². The number of carbonyl (C=O) groups excluding carboxylic acids is 1. The zero-order chi connectivity index (χ0) is 20.3. The molecule has 0 saturated heterocycles. The molecular weight excluding hydrogens is 374 g/mol. The van der Waals surface area contributed by atoms with Crippen LogP contribution in [0.5, 0.6) is 0 Å². The Morgan fingerprint density at radius 1 is 1.10 bits per heavy atom. The van der Waals surface area contributed by atoms with E-state index in [4.69, 9.17) is 0 Å². The van der Waals surface area contributed by atoms with Gasteiger partial charge in [-0.25, -0.2) is 0 Å². The van der Waals surface area contributed by atoms with Gasteiger partial charge in [0.15, 0.2) is 0 Å². The number of amides is 1. The van der Waals surface area contributed by atoms with Crippen molar-refractivity contribution in [2.24, 2.45) is 0 Å². The first-order valence-electron chi connectivity index (χ1n) is 10.9. The highest BCUT2D eigenvalue weighted by atomic mass is 16.1. The maximum Gasteiger partial charge on any atom is 0.253 e. The molecule has 3 N–H and O–H groups in total. The standard InChI is InChI=1S/C24H27N5O/c30-24-20-14-23(29-21(20)9-12-27-24)16-8-11-26-22(13-16)17-6-7-19(28-15-17)5-2-10-25-18-3-1-4-18/h6-8,11,13-15,18,25,29H,1-5,9-10,12H2,(H,27,30). The topological polar surface area (TPSA) is 82.7 Å². The number of H-pyrrole nitrogens is 1. The van der Waals surface area contributed by atoms with Crippen LogP contribution < -0.4 is 10.6 Å². The summed E-state index contributed by atoms with van der Waals surface area (Å²) in [6.45, 7) is 1.75. The number of pyridine rings is 2. The number of rotatable bonds is 7. The summed E-state index contributed by atoms with van der Waals surface area (Å²) in [5.41, 5.74) is 6.72. The Bertz CT molecular complexity index is 1040. The number of nitrogens with zero attached hydrogens (tertiary/aromatic N) is 2. The van der Waals surface area contributed by atoms with Gasteiger partial charge in [-0.15, -0.1) is 0 Å². The Morgan fingerprint density at radius 2 is 2.03 bits per heavy atom. The van der Waals surface area contributed by atoms with E-state index in [-0.39, 0.29) is 5.91 Å². The summed E-state index contributed by atoms with van der Waals surface area (Å²) < 4.78 is 0. The highest BCUT2D eigenvalue weighted by Crippen LogP contribution is 2.27. The van der Waals surface area contributed by atoms with E-state index in [1.54, 1.807) is 0 Å². The number of aromatic nitrogens is 3. The van der Waals surface area contributed by atoms with Gasteiger partial charge in [0.2, 0.25) is 0 Å². The number of fused-ring (bicyclic) bond motifs is 1. The van der Waals surface area contributed by atoms with Crippen molar-refractivity contribution in [1.82, 2.24) is 25.6 Å². The van der Waals surface area contributed by atoms with Crippen molar-refractivity contribution in [2.45, 2.75) is 44.6 Å². The van der Waals surface area contributed by atoms with Crippen LogP contribution in [0.15, 0.2) is 42.7 Å². The molecule has 3 aromatic rings. The predicted octanol–water partition coefficient (Wildman–Crippen LogP) is 3.50. The molecule has 4 heterocycles. The minimum absolute atomic E-state index is 0.00398. The lowest BCUT2D eigenvalue weighted by atomic mass is 9.93. The van der Waals surface area contributed by atoms with E-state index >= 15 is 0 Å². The lowest BCUT2D eigenvalue weighted by Crippen LogP contribution is -2.35. The molecule has 0 radical (unpaired) electrons. The van der Waals surface area contributed by atoms with Crippen molar-refractivity contribution in [2.75, 3.05) is 13.1 Å². The zero-order valence-corrected chi connectivity index (χ0v) is 17.1. The Kier molecular flexibility index (Phi) is 5.32. The second-order valence-electron chi connectivity index (χ2n) is 8.23. The summed E-state index contributed by atoms with van der Waals surface area (Å²) in [6.07, 6.45) is 10.7. The van der Waals surface area contributed by atoms with Crippen molar-refractivity contribution >= 4 is 5.91 Å². The molecule has 0 spiro atoms. The average Bonchev–Trinajstić information content (AvgIpc) is 3.19. The molecule has 0 aromatic carbocycles. The van der Waals surface area contributed by atoms with E-state index in [2.05, 4.69) is 43.8 Å². The lowest BCUT2D eigenvalue weighted by Gasteiger charge is -2.26. The van der Waals surface area contributed by atoms with Gasteiger partial charge in [-0.2, -0.15) is 0 Å². The maximum absolute atomic E-state index is 12.0. The molecule has 0 atom stereocenters. The van der Waals surface area contributed by atoms with Crippen molar-refractivity contribution in [1.29, 1.82) is 0 Å². The molecule has 0 bridgehead atoms. The number of hydrogen-bond acceptors (Lipinski definition) is 4. The monoisotopic (exact) mass is 401 g/mol. The number of hydrogen-bond donors (Lipinski definition) is 3. The molecular formula is C24H27N5O. The van der Waals surface area contributed by atoms with Gasteiger partial charge in [0.25, 0.3) is 5.91 Å². The third-order valence-electron chi connectivity index (χ3n) is 6.14. The highest BCUT2D eigenvalue weighted by Gasteiger charge is 2.20. The van der Waals surface area contributed by atoms with Crippen LogP contribution in [0.25, 0.3) is 22.5 Å². The molecule has 6 heteroatoms. The molecule has 1 amide bonds. The van der Waals surface area contributed by atoms with Crippen LogP contribution in [0.4, 0.5) is 0 Å². The Hall–Kier alpha value is -2.99. The SMILES string of the molecule is O=C1NCCc2[nH]c(-c3ccnc(-c4ccc(CCCNC5CCC5)nc4)c3)cc21. The molecule has 0 unspecified atom stereocenters. The molecule has 1 aliphatic heterocycles. The fourth-order valence-corrected chi connectivity index (χ4v) is 4.12. The molecule has 30 heavy (non-hydrogen) atoms. The number of aryl methyl sites for hydroxylation is 1. The zero-order valence-electron chi connectivity index (χ0n) is 17.1. The van der Waals surface area contributed by atoms with Crippen LogP contribution in [0.3, 0.4) is 0 Å². The van der Waals surface area contributed by atoms with E-state index in [0.717, 1.165) is 71.3 Å². The molecule has 1 aliphatic carbocycles. The van der Waals surface area contributed by atoms with E-state index in [1.165, 1.54) is 19.3 Å². The van der Waals surface area contributed by atoms with Crippen LogP contribution >= 0.6 is 0 Å². The van der Waals surface area contributed by atoms with Gasteiger partial charge in [0.1, 0.15) is 0 Å². The summed E-state index contributed by atoms with van der Waals surface area (Å²) in [5.74, 6) is -0.00398. The van der Waals surface area contributed by atoms with Crippen molar-refractivity contribution in [3.8, 4) is 22.5 Å². The van der Waals surface area contributed by atoms with Gasteiger partial charge >= 0.3 is 0 Å². The molecule has 6 nitrogen and oxygen atoms in total. The van der Waals surface area contributed by atoms with E-state index in [0.29, 0.717) is 6.54 Å². The molecule has 5 rings (SSSR count). The summed E-state index contributed by atoms with van der Waals surface area (Å²) in [7, 11) is 0. The largest absolute Gasteiger partial charge is 0.358 e. The van der Waals surface area contributed by atoms with E-state index < -0.39 is 0 Å². The Balaban J connectivity index is 1.26. The summed E-state index contributed by atoms with van der Waals surface area (Å²) in [5, 5.41) is 6.49. The predicted molar refractivity (Wildman–Crippen MR) is 117 cm³/mol. The van der Waals surface area contributed by atoms with Crippen LogP contribution in [-0.2, 0) is 12.8 Å². The first-order chi connectivity index (χ1) is 14.8. The van der Waals surface area contributed by atoms with Crippen LogP contribution in [0, 0.1) is 0 Å². The second-order valence-corrected chi connectivity index (χ2v) is 8.23. The van der Waals surface area contributed by atoms with E-state index in [9.17, 15) is 4.79 Å². The molecule has 2 aliphatic rings. The third-order valence-corrected chi connectivity index (χ3v) is 6.14. The fraction of sp³-hybridized carbons (Fsp3) is 0.375. The third kappa shape index (κ3) is 4.00. The Morgan fingerprint density at radius 3 is 2.80 bits per heavy atom.